The third-order valence-electron chi connectivity index (χ3n) is 3.31. The molecule has 2 rings (SSSR count). The van der Waals surface area contributed by atoms with Crippen molar-refractivity contribution in [3.63, 3.8) is 0 Å². The van der Waals surface area contributed by atoms with Gasteiger partial charge in [-0.3, -0.25) is 9.59 Å². The number of carbonyl (C=O) groups excluding carboxylic acids is 3. The molecular weight excluding hydrogens is 290 g/mol. The predicted octanol–water partition coefficient (Wildman–Crippen LogP) is 0.310. The molecule has 1 fully saturated rings. The number of furan rings is 1. The quantitative estimate of drug-likeness (QED) is 0.864. The van der Waals surface area contributed by atoms with Crippen molar-refractivity contribution in [1.29, 1.82) is 0 Å². The standard InChI is InChI=1S/C14H19N3O5/c1-2-21-14(20)15-10-12(18)16-5-7-17(8-6-16)13(19)11-4-3-9-22-11/h3-4,9H,2,5-8,10H2,1H3,(H,15,20). The van der Waals surface area contributed by atoms with Crippen LogP contribution in [-0.2, 0) is 9.53 Å². The van der Waals surface area contributed by atoms with Crippen LogP contribution in [-0.4, -0.2) is 67.0 Å². The molecule has 0 unspecified atom stereocenters. The molecule has 120 valence electrons. The molecule has 1 aliphatic rings. The summed E-state index contributed by atoms with van der Waals surface area (Å²) in [5.74, 6) is -0.0800. The largest absolute Gasteiger partial charge is 0.459 e. The first-order chi connectivity index (χ1) is 10.6. The van der Waals surface area contributed by atoms with E-state index in [9.17, 15) is 14.4 Å². The number of nitrogens with one attached hydrogen (secondary N) is 1. The van der Waals surface area contributed by atoms with Crippen molar-refractivity contribution >= 4 is 17.9 Å². The van der Waals surface area contributed by atoms with Crippen molar-refractivity contribution in [2.24, 2.45) is 0 Å². The molecule has 1 aromatic rings. The zero-order valence-electron chi connectivity index (χ0n) is 12.4. The lowest BCUT2D eigenvalue weighted by atomic mass is 10.2. The molecule has 2 heterocycles. The molecule has 0 radical (unpaired) electrons. The Bertz CT molecular complexity index is 521. The van der Waals surface area contributed by atoms with Gasteiger partial charge in [0.2, 0.25) is 5.91 Å². The average molecular weight is 309 g/mol. The molecule has 1 N–H and O–H groups in total. The normalized spacial score (nSPS) is 14.6. The monoisotopic (exact) mass is 309 g/mol. The summed E-state index contributed by atoms with van der Waals surface area (Å²) >= 11 is 0. The van der Waals surface area contributed by atoms with E-state index in [0.717, 1.165) is 0 Å². The van der Waals surface area contributed by atoms with Gasteiger partial charge in [0.1, 0.15) is 6.54 Å². The molecule has 3 amide bonds. The van der Waals surface area contributed by atoms with E-state index in [1.807, 2.05) is 0 Å². The fourth-order valence-electron chi connectivity index (χ4n) is 2.16. The van der Waals surface area contributed by atoms with Crippen molar-refractivity contribution in [2.45, 2.75) is 6.92 Å². The Kier molecular flexibility index (Phi) is 5.40. The van der Waals surface area contributed by atoms with Gasteiger partial charge in [-0.05, 0) is 19.1 Å². The summed E-state index contributed by atoms with van der Waals surface area (Å²) in [7, 11) is 0. The second kappa shape index (κ2) is 7.48. The number of nitrogens with zero attached hydrogens (tertiary/aromatic N) is 2. The Morgan fingerprint density at radius 3 is 2.50 bits per heavy atom. The molecular formula is C14H19N3O5. The van der Waals surface area contributed by atoms with Gasteiger partial charge in [0, 0.05) is 26.2 Å². The zero-order chi connectivity index (χ0) is 15.9. The van der Waals surface area contributed by atoms with Crippen LogP contribution < -0.4 is 5.32 Å². The van der Waals surface area contributed by atoms with Crippen LogP contribution in [0.1, 0.15) is 17.5 Å². The highest BCUT2D eigenvalue weighted by molar-refractivity contribution is 5.91. The predicted molar refractivity (Wildman–Crippen MR) is 76.2 cm³/mol. The van der Waals surface area contributed by atoms with Crippen LogP contribution >= 0.6 is 0 Å². The van der Waals surface area contributed by atoms with Gasteiger partial charge >= 0.3 is 6.09 Å². The highest BCUT2D eigenvalue weighted by Gasteiger charge is 2.26. The number of hydrogen-bond acceptors (Lipinski definition) is 5. The van der Waals surface area contributed by atoms with E-state index in [1.54, 1.807) is 28.9 Å². The minimum Gasteiger partial charge on any atom is -0.459 e. The van der Waals surface area contributed by atoms with Crippen molar-refractivity contribution in [3.8, 4) is 0 Å². The maximum Gasteiger partial charge on any atom is 0.407 e. The minimum absolute atomic E-state index is 0.106. The molecule has 1 aliphatic heterocycles. The third-order valence-corrected chi connectivity index (χ3v) is 3.31. The number of alkyl carbamates (subject to hydrolysis) is 1. The number of hydrogen-bond donors (Lipinski definition) is 1. The molecule has 0 bridgehead atoms. The van der Waals surface area contributed by atoms with Crippen LogP contribution in [0.2, 0.25) is 0 Å². The Morgan fingerprint density at radius 1 is 1.23 bits per heavy atom. The highest BCUT2D eigenvalue weighted by atomic mass is 16.5. The maximum atomic E-state index is 12.1. The van der Waals surface area contributed by atoms with E-state index in [-0.39, 0.29) is 25.0 Å². The summed E-state index contributed by atoms with van der Waals surface area (Å²) in [6, 6.07) is 3.27. The lowest BCUT2D eigenvalue weighted by Gasteiger charge is -2.34. The SMILES string of the molecule is CCOC(=O)NCC(=O)N1CCN(C(=O)c2ccco2)CC1. The Labute approximate surface area is 128 Å². The topological polar surface area (TPSA) is 92.1 Å². The van der Waals surface area contributed by atoms with Crippen molar-refractivity contribution < 1.29 is 23.5 Å². The Balaban J connectivity index is 1.76. The zero-order valence-corrected chi connectivity index (χ0v) is 12.4. The van der Waals surface area contributed by atoms with Gasteiger partial charge in [0.25, 0.3) is 5.91 Å². The lowest BCUT2D eigenvalue weighted by molar-refractivity contribution is -0.131. The van der Waals surface area contributed by atoms with Gasteiger partial charge in [0.05, 0.1) is 12.9 Å². The second-order valence-electron chi connectivity index (χ2n) is 4.72. The minimum atomic E-state index is -0.609. The number of rotatable bonds is 4. The molecule has 0 spiro atoms. The van der Waals surface area contributed by atoms with Gasteiger partial charge < -0.3 is 24.3 Å². The molecule has 0 atom stereocenters. The van der Waals surface area contributed by atoms with Gasteiger partial charge in [-0.1, -0.05) is 0 Å². The first-order valence-corrected chi connectivity index (χ1v) is 7.13. The van der Waals surface area contributed by atoms with Gasteiger partial charge in [-0.25, -0.2) is 4.79 Å². The van der Waals surface area contributed by atoms with Crippen LogP contribution in [0.15, 0.2) is 22.8 Å². The highest BCUT2D eigenvalue weighted by Crippen LogP contribution is 2.09. The number of carbonyl (C=O) groups is 3. The summed E-state index contributed by atoms with van der Waals surface area (Å²) in [6.45, 7) is 3.57. The fraction of sp³-hybridized carbons (Fsp3) is 0.500. The molecule has 0 aromatic carbocycles. The van der Waals surface area contributed by atoms with Crippen molar-refractivity contribution in [2.75, 3.05) is 39.3 Å². The first-order valence-electron chi connectivity index (χ1n) is 7.13. The maximum absolute atomic E-state index is 12.1. The molecule has 0 aliphatic carbocycles. The summed E-state index contributed by atoms with van der Waals surface area (Å²) in [5.41, 5.74) is 0. The van der Waals surface area contributed by atoms with E-state index < -0.39 is 6.09 Å². The Morgan fingerprint density at radius 2 is 1.91 bits per heavy atom. The number of amides is 3. The van der Waals surface area contributed by atoms with Crippen molar-refractivity contribution in [3.05, 3.63) is 24.2 Å². The van der Waals surface area contributed by atoms with E-state index in [0.29, 0.717) is 31.9 Å². The molecule has 0 saturated carbocycles. The molecule has 8 nitrogen and oxygen atoms in total. The average Bonchev–Trinajstić information content (AvgIpc) is 3.07. The summed E-state index contributed by atoms with van der Waals surface area (Å²) < 4.78 is 9.76. The van der Waals surface area contributed by atoms with Crippen LogP contribution in [0.25, 0.3) is 0 Å². The van der Waals surface area contributed by atoms with Gasteiger partial charge in [-0.15, -0.1) is 0 Å². The number of ether oxygens (including phenoxy) is 1. The van der Waals surface area contributed by atoms with Crippen LogP contribution in [0.4, 0.5) is 4.79 Å². The summed E-state index contributed by atoms with van der Waals surface area (Å²) in [6.07, 6.45) is 0.844. The van der Waals surface area contributed by atoms with E-state index in [1.165, 1.54) is 6.26 Å². The number of piperazine rings is 1. The molecule has 1 aromatic heterocycles. The molecule has 8 heteroatoms. The third kappa shape index (κ3) is 4.00. The molecule has 22 heavy (non-hydrogen) atoms. The molecule has 1 saturated heterocycles. The summed E-state index contributed by atoms with van der Waals surface area (Å²) in [5, 5.41) is 2.39. The van der Waals surface area contributed by atoms with E-state index in [2.05, 4.69) is 10.1 Å². The lowest BCUT2D eigenvalue weighted by Crippen LogP contribution is -2.52. The van der Waals surface area contributed by atoms with E-state index in [4.69, 9.17) is 4.42 Å². The van der Waals surface area contributed by atoms with E-state index >= 15 is 0 Å². The summed E-state index contributed by atoms with van der Waals surface area (Å²) in [4.78, 5) is 38.4. The Hall–Kier alpha value is -2.51. The fourth-order valence-corrected chi connectivity index (χ4v) is 2.16. The smallest absolute Gasteiger partial charge is 0.407 e. The van der Waals surface area contributed by atoms with Gasteiger partial charge in [0.15, 0.2) is 5.76 Å². The van der Waals surface area contributed by atoms with Crippen LogP contribution in [0.3, 0.4) is 0 Å². The van der Waals surface area contributed by atoms with Gasteiger partial charge in [-0.2, -0.15) is 0 Å². The van der Waals surface area contributed by atoms with Crippen molar-refractivity contribution in [1.82, 2.24) is 15.1 Å². The second-order valence-corrected chi connectivity index (χ2v) is 4.72. The van der Waals surface area contributed by atoms with Crippen LogP contribution in [0.5, 0.6) is 0 Å². The van der Waals surface area contributed by atoms with Crippen LogP contribution in [0, 0.1) is 0 Å². The first kappa shape index (κ1) is 15.9.